The van der Waals surface area contributed by atoms with Gasteiger partial charge in [-0.15, -0.1) is 0 Å². The average Bonchev–Trinajstić information content (AvgIpc) is 2.46. The Kier molecular flexibility index (Phi) is 11.3. The molecular weight excluding hydrogens is 653 g/mol. The lowest BCUT2D eigenvalue weighted by molar-refractivity contribution is 0.478. The van der Waals surface area contributed by atoms with Crippen molar-refractivity contribution >= 4 is 77.9 Å². The summed E-state index contributed by atoms with van der Waals surface area (Å²) in [4.78, 5) is 0. The third-order valence-corrected chi connectivity index (χ3v) is 6.86. The van der Waals surface area contributed by atoms with Crippen LogP contribution in [0.2, 0.25) is 0 Å². The highest BCUT2D eigenvalue weighted by Crippen LogP contribution is 2.30. The Labute approximate surface area is 181 Å². The second-order valence-electron chi connectivity index (χ2n) is 5.52. The lowest BCUT2D eigenvalue weighted by Crippen LogP contribution is -2.15. The van der Waals surface area contributed by atoms with Crippen molar-refractivity contribution in [3.63, 3.8) is 0 Å². The number of benzene rings is 1. The summed E-state index contributed by atoms with van der Waals surface area (Å²) in [7, 11) is -3.51. The van der Waals surface area contributed by atoms with Gasteiger partial charge in [0, 0.05) is 3.57 Å². The molecule has 7 heteroatoms. The first-order chi connectivity index (χ1) is 10.9. The van der Waals surface area contributed by atoms with Crippen molar-refractivity contribution < 1.29 is 12.6 Å². The molecule has 0 amide bonds. The monoisotopic (exact) mass is 676 g/mol. The Morgan fingerprint density at radius 3 is 1.87 bits per heavy atom. The Balaban J connectivity index is 2.37. The predicted molar refractivity (Wildman–Crippen MR) is 122 cm³/mol. The fourth-order valence-corrected chi connectivity index (χ4v) is 7.37. The van der Waals surface area contributed by atoms with Gasteiger partial charge in [0.1, 0.15) is 0 Å². The molecule has 0 aliphatic heterocycles. The van der Waals surface area contributed by atoms with Gasteiger partial charge in [-0.25, -0.2) is 0 Å². The Morgan fingerprint density at radius 2 is 1.35 bits per heavy atom. The van der Waals surface area contributed by atoms with Gasteiger partial charge in [0.2, 0.25) is 0 Å². The van der Waals surface area contributed by atoms with Gasteiger partial charge in [0.05, 0.1) is 12.9 Å². The van der Waals surface area contributed by atoms with E-state index in [0.29, 0.717) is 12.2 Å². The molecule has 0 atom stereocenters. The van der Waals surface area contributed by atoms with Gasteiger partial charge in [0.25, 0.3) is 0 Å². The average molecular weight is 676 g/mol. The van der Waals surface area contributed by atoms with Crippen LogP contribution in [0, 0.1) is 10.7 Å². The molecule has 0 aromatic heterocycles. The molecule has 0 aliphatic carbocycles. The normalized spacial score (nSPS) is 11.7. The molecular formula is C16H23I3O3S. The summed E-state index contributed by atoms with van der Waals surface area (Å²) in [5.41, 5.74) is 0. The van der Waals surface area contributed by atoms with Crippen molar-refractivity contribution in [2.24, 2.45) is 0 Å². The quantitative estimate of drug-likeness (QED) is 0.156. The lowest BCUT2D eigenvalue weighted by Gasteiger charge is -2.11. The van der Waals surface area contributed by atoms with Crippen molar-refractivity contribution in [1.29, 1.82) is 0 Å². The molecule has 0 unspecified atom stereocenters. The van der Waals surface area contributed by atoms with Crippen molar-refractivity contribution in [2.75, 3.05) is 5.75 Å². The predicted octanol–water partition coefficient (Wildman–Crippen LogP) is 6.35. The highest BCUT2D eigenvalue weighted by Gasteiger charge is 2.17. The highest BCUT2D eigenvalue weighted by molar-refractivity contribution is 14.1. The zero-order valence-electron chi connectivity index (χ0n) is 13.3. The van der Waals surface area contributed by atoms with Crippen LogP contribution in [-0.2, 0) is 10.1 Å². The maximum absolute atomic E-state index is 12.1. The van der Waals surface area contributed by atoms with E-state index in [-0.39, 0.29) is 5.75 Å². The molecule has 132 valence electrons. The summed E-state index contributed by atoms with van der Waals surface area (Å²) in [6, 6.07) is 3.84. The van der Waals surface area contributed by atoms with Crippen molar-refractivity contribution in [1.82, 2.24) is 0 Å². The fraction of sp³-hybridized carbons (Fsp3) is 0.625. The maximum atomic E-state index is 12.1. The molecule has 0 spiro atoms. The minimum absolute atomic E-state index is 0.0973. The summed E-state index contributed by atoms with van der Waals surface area (Å²) >= 11 is 6.45. The summed E-state index contributed by atoms with van der Waals surface area (Å²) in [6.07, 6.45) is 9.05. The lowest BCUT2D eigenvalue weighted by atomic mass is 10.1. The maximum Gasteiger partial charge on any atom is 0.309 e. The fourth-order valence-electron chi connectivity index (χ4n) is 2.19. The van der Waals surface area contributed by atoms with Crippen molar-refractivity contribution in [2.45, 2.75) is 58.3 Å². The molecule has 1 aromatic carbocycles. The molecule has 0 radical (unpaired) electrons. The molecule has 1 aromatic rings. The summed E-state index contributed by atoms with van der Waals surface area (Å²) in [5.74, 6) is 0.561. The Bertz CT molecular complexity index is 565. The van der Waals surface area contributed by atoms with E-state index in [0.717, 1.165) is 23.6 Å². The first kappa shape index (κ1) is 22.2. The minimum Gasteiger partial charge on any atom is -0.380 e. The Morgan fingerprint density at radius 1 is 0.870 bits per heavy atom. The zero-order valence-corrected chi connectivity index (χ0v) is 20.6. The van der Waals surface area contributed by atoms with Crippen molar-refractivity contribution in [3.05, 3.63) is 22.8 Å². The topological polar surface area (TPSA) is 43.4 Å². The first-order valence-corrected chi connectivity index (χ1v) is 12.7. The van der Waals surface area contributed by atoms with E-state index in [9.17, 15) is 8.42 Å². The molecule has 0 heterocycles. The van der Waals surface area contributed by atoms with Gasteiger partial charge in [-0.1, -0.05) is 51.9 Å². The van der Waals surface area contributed by atoms with E-state index in [1.54, 1.807) is 0 Å². The number of rotatable bonds is 11. The largest absolute Gasteiger partial charge is 0.380 e. The summed E-state index contributed by atoms with van der Waals surface area (Å²) in [6.45, 7) is 2.21. The van der Waals surface area contributed by atoms with Crippen LogP contribution in [0.3, 0.4) is 0 Å². The second-order valence-corrected chi connectivity index (χ2v) is 10.8. The van der Waals surface area contributed by atoms with Crippen LogP contribution in [0.25, 0.3) is 0 Å². The smallest absolute Gasteiger partial charge is 0.309 e. The van der Waals surface area contributed by atoms with Crippen LogP contribution in [0.4, 0.5) is 0 Å². The molecule has 3 nitrogen and oxygen atoms in total. The van der Waals surface area contributed by atoms with E-state index in [4.69, 9.17) is 4.18 Å². The molecule has 0 bridgehead atoms. The van der Waals surface area contributed by atoms with Gasteiger partial charge >= 0.3 is 10.1 Å². The summed E-state index contributed by atoms with van der Waals surface area (Å²) < 4.78 is 32.3. The van der Waals surface area contributed by atoms with Crippen LogP contribution in [0.1, 0.15) is 58.3 Å². The van der Waals surface area contributed by atoms with Crippen LogP contribution >= 0.6 is 67.8 Å². The number of hydrogen-bond donors (Lipinski definition) is 0. The zero-order chi connectivity index (χ0) is 17.3. The third-order valence-electron chi connectivity index (χ3n) is 3.42. The van der Waals surface area contributed by atoms with Crippen LogP contribution < -0.4 is 4.18 Å². The van der Waals surface area contributed by atoms with Crippen LogP contribution in [-0.4, -0.2) is 14.2 Å². The van der Waals surface area contributed by atoms with E-state index in [1.807, 2.05) is 12.1 Å². The van der Waals surface area contributed by atoms with Gasteiger partial charge in [-0.05, 0) is 86.3 Å². The van der Waals surface area contributed by atoms with E-state index in [2.05, 4.69) is 74.7 Å². The number of hydrogen-bond acceptors (Lipinski definition) is 3. The Hall–Kier alpha value is 1.16. The van der Waals surface area contributed by atoms with E-state index < -0.39 is 10.1 Å². The van der Waals surface area contributed by atoms with Crippen LogP contribution in [0.5, 0.6) is 5.75 Å². The van der Waals surface area contributed by atoms with Crippen LogP contribution in [0.15, 0.2) is 12.1 Å². The van der Waals surface area contributed by atoms with Gasteiger partial charge < -0.3 is 4.18 Å². The van der Waals surface area contributed by atoms with Gasteiger partial charge in [0.15, 0.2) is 5.75 Å². The van der Waals surface area contributed by atoms with E-state index >= 15 is 0 Å². The third kappa shape index (κ3) is 9.43. The standard InChI is InChI=1S/C16H23I3O3S/c1-2-3-4-5-6-7-8-9-10-23(20,21)22-16-14(18)11-13(17)12-15(16)19/h11-12H,2-10H2,1H3. The molecule has 0 saturated heterocycles. The SMILES string of the molecule is CCCCCCCCCCS(=O)(=O)Oc1c(I)cc(I)cc1I. The van der Waals surface area contributed by atoms with E-state index in [1.165, 1.54) is 32.1 Å². The molecule has 0 N–H and O–H groups in total. The molecule has 0 saturated carbocycles. The van der Waals surface area contributed by atoms with Crippen molar-refractivity contribution in [3.8, 4) is 5.75 Å². The first-order valence-electron chi connectivity index (χ1n) is 7.92. The number of halogens is 3. The summed E-state index contributed by atoms with van der Waals surface area (Å²) in [5, 5.41) is 0. The number of unbranched alkanes of at least 4 members (excludes halogenated alkanes) is 7. The molecule has 0 aliphatic rings. The second kappa shape index (κ2) is 11.7. The molecule has 1 rings (SSSR count). The van der Waals surface area contributed by atoms with Gasteiger partial charge in [-0.2, -0.15) is 8.42 Å². The van der Waals surface area contributed by atoms with Gasteiger partial charge in [-0.3, -0.25) is 0 Å². The molecule has 23 heavy (non-hydrogen) atoms. The highest BCUT2D eigenvalue weighted by atomic mass is 127. The molecule has 0 fully saturated rings. The minimum atomic E-state index is -3.51.